The highest BCUT2D eigenvalue weighted by Gasteiger charge is 2.40. The summed E-state index contributed by atoms with van der Waals surface area (Å²) in [5.41, 5.74) is 7.57. The Bertz CT molecular complexity index is 1720. The second-order valence-corrected chi connectivity index (χ2v) is 11.1. The Morgan fingerprint density at radius 2 is 1.58 bits per heavy atom. The van der Waals surface area contributed by atoms with Crippen LogP contribution in [0.3, 0.4) is 0 Å². The third-order valence-electron chi connectivity index (χ3n) is 7.65. The molecule has 9 nitrogen and oxygen atoms in total. The van der Waals surface area contributed by atoms with Gasteiger partial charge in [-0.1, -0.05) is 42.5 Å². The maximum Gasteiger partial charge on any atom is 0.451 e. The Labute approximate surface area is 277 Å². The lowest BCUT2D eigenvalue weighted by Gasteiger charge is -2.30. The smallest absolute Gasteiger partial charge is 0.451 e. The van der Waals surface area contributed by atoms with Crippen molar-refractivity contribution in [1.29, 1.82) is 0 Å². The SMILES string of the molecule is Cl.NC(Cc1ccc(OCc2ccccc2)cc1)C(=O)NC(CC(=O)N1CCn2c(nnc2C(F)(F)F)C1)Cc1cc(F)c(F)cc1F. The highest BCUT2D eigenvalue weighted by Crippen LogP contribution is 2.29. The zero-order chi connectivity index (χ0) is 33.7. The van der Waals surface area contributed by atoms with Crippen LogP contribution in [0.15, 0.2) is 66.7 Å². The summed E-state index contributed by atoms with van der Waals surface area (Å²) >= 11 is 0. The first-order chi connectivity index (χ1) is 22.4. The van der Waals surface area contributed by atoms with Crippen LogP contribution in [0.4, 0.5) is 26.3 Å². The second kappa shape index (κ2) is 15.5. The molecule has 5 rings (SSSR count). The van der Waals surface area contributed by atoms with Gasteiger partial charge in [0.05, 0.1) is 12.6 Å². The lowest BCUT2D eigenvalue weighted by molar-refractivity contribution is -0.148. The number of halogens is 7. The van der Waals surface area contributed by atoms with Gasteiger partial charge in [-0.25, -0.2) is 13.2 Å². The molecular weight excluding hydrogens is 666 g/mol. The Balaban J connectivity index is 0.00000520. The quantitative estimate of drug-likeness (QED) is 0.173. The third kappa shape index (κ3) is 9.04. The molecule has 0 bridgehead atoms. The number of alkyl halides is 3. The van der Waals surface area contributed by atoms with E-state index in [1.165, 1.54) is 4.90 Å². The Morgan fingerprint density at radius 3 is 2.27 bits per heavy atom. The van der Waals surface area contributed by atoms with Crippen LogP contribution in [0.5, 0.6) is 5.75 Å². The highest BCUT2D eigenvalue weighted by molar-refractivity contribution is 5.85. The number of hydrogen-bond donors (Lipinski definition) is 2. The lowest BCUT2D eigenvalue weighted by Crippen LogP contribution is -2.49. The van der Waals surface area contributed by atoms with Crippen molar-refractivity contribution in [2.45, 2.75) is 57.2 Å². The van der Waals surface area contributed by atoms with E-state index in [-0.39, 0.29) is 49.8 Å². The standard InChI is InChI=1S/C32H30F6N6O3.ClH/c33-24-16-26(35)25(34)14-21(24)13-22(15-29(45)43-10-11-44-28(17-43)41-42-31(44)32(36,37)38)40-30(46)27(39)12-19-6-8-23(9-7-19)47-18-20-4-2-1-3-5-20;/h1-9,14,16,22,27H,10-13,15,17-18,39H2,(H,40,46);1H. The number of fused-ring (bicyclic) bond motifs is 1. The summed E-state index contributed by atoms with van der Waals surface area (Å²) in [4.78, 5) is 27.6. The Kier molecular flexibility index (Phi) is 11.7. The van der Waals surface area contributed by atoms with Crippen LogP contribution in [0.25, 0.3) is 0 Å². The van der Waals surface area contributed by atoms with Gasteiger partial charge < -0.3 is 25.3 Å². The maximum atomic E-state index is 14.6. The first-order valence-electron chi connectivity index (χ1n) is 14.6. The zero-order valence-corrected chi connectivity index (χ0v) is 26.0. The number of aromatic nitrogens is 3. The summed E-state index contributed by atoms with van der Waals surface area (Å²) < 4.78 is 88.4. The lowest BCUT2D eigenvalue weighted by atomic mass is 10.00. The summed E-state index contributed by atoms with van der Waals surface area (Å²) in [6.07, 6.45) is -5.47. The molecule has 48 heavy (non-hydrogen) atoms. The van der Waals surface area contributed by atoms with E-state index in [2.05, 4.69) is 15.5 Å². The van der Waals surface area contributed by atoms with Crippen LogP contribution < -0.4 is 15.8 Å². The highest BCUT2D eigenvalue weighted by atomic mass is 35.5. The van der Waals surface area contributed by atoms with E-state index in [4.69, 9.17) is 10.5 Å². The van der Waals surface area contributed by atoms with E-state index in [9.17, 15) is 35.9 Å². The van der Waals surface area contributed by atoms with Crippen LogP contribution in [-0.4, -0.2) is 50.1 Å². The van der Waals surface area contributed by atoms with Gasteiger partial charge in [0.15, 0.2) is 17.5 Å². The Hall–Kier alpha value is -4.63. The van der Waals surface area contributed by atoms with E-state index < -0.39 is 66.2 Å². The van der Waals surface area contributed by atoms with Crippen LogP contribution in [0.2, 0.25) is 0 Å². The molecule has 16 heteroatoms. The normalized spacial score (nSPS) is 14.0. The molecule has 2 atom stereocenters. The Morgan fingerprint density at radius 1 is 0.896 bits per heavy atom. The van der Waals surface area contributed by atoms with Crippen molar-refractivity contribution in [3.63, 3.8) is 0 Å². The molecule has 1 aromatic heterocycles. The number of carbonyl (C=O) groups excluding carboxylic acids is 2. The number of ether oxygens (including phenoxy) is 1. The summed E-state index contributed by atoms with van der Waals surface area (Å²) in [6, 6.07) is 15.3. The van der Waals surface area contributed by atoms with Crippen molar-refractivity contribution in [1.82, 2.24) is 25.0 Å². The number of rotatable bonds is 11. The summed E-state index contributed by atoms with van der Waals surface area (Å²) in [6.45, 7) is -0.254. The summed E-state index contributed by atoms with van der Waals surface area (Å²) in [5, 5.41) is 9.35. The zero-order valence-electron chi connectivity index (χ0n) is 25.2. The summed E-state index contributed by atoms with van der Waals surface area (Å²) in [7, 11) is 0. The number of hydrogen-bond acceptors (Lipinski definition) is 6. The van der Waals surface area contributed by atoms with Crippen molar-refractivity contribution in [3.8, 4) is 5.75 Å². The van der Waals surface area contributed by atoms with E-state index in [0.717, 1.165) is 10.1 Å². The van der Waals surface area contributed by atoms with Crippen LogP contribution in [-0.2, 0) is 48.3 Å². The molecular formula is C32H31ClF6N6O3. The first kappa shape index (κ1) is 36.2. The molecule has 1 aliphatic heterocycles. The van der Waals surface area contributed by atoms with Gasteiger partial charge in [0.2, 0.25) is 17.6 Å². The molecule has 0 spiro atoms. The fraction of sp³-hybridized carbons (Fsp3) is 0.312. The molecule has 0 aliphatic carbocycles. The molecule has 0 saturated carbocycles. The third-order valence-corrected chi connectivity index (χ3v) is 7.65. The molecule has 0 radical (unpaired) electrons. The largest absolute Gasteiger partial charge is 0.489 e. The van der Waals surface area contributed by atoms with Crippen LogP contribution in [0, 0.1) is 17.5 Å². The van der Waals surface area contributed by atoms with Gasteiger partial charge in [0.25, 0.3) is 0 Å². The van der Waals surface area contributed by atoms with Gasteiger partial charge in [0, 0.05) is 31.6 Å². The molecule has 3 aromatic carbocycles. The predicted octanol–water partition coefficient (Wildman–Crippen LogP) is 4.74. The molecule has 2 heterocycles. The fourth-order valence-corrected chi connectivity index (χ4v) is 5.20. The van der Waals surface area contributed by atoms with Crippen LogP contribution >= 0.6 is 12.4 Å². The fourth-order valence-electron chi connectivity index (χ4n) is 5.20. The van der Waals surface area contributed by atoms with E-state index in [1.807, 2.05) is 30.3 Å². The van der Waals surface area contributed by atoms with E-state index >= 15 is 0 Å². The summed E-state index contributed by atoms with van der Waals surface area (Å²) in [5.74, 6) is -5.75. The minimum Gasteiger partial charge on any atom is -0.489 e. The van der Waals surface area contributed by atoms with Crippen molar-refractivity contribution in [2.75, 3.05) is 6.54 Å². The van der Waals surface area contributed by atoms with Crippen molar-refractivity contribution >= 4 is 24.2 Å². The predicted molar refractivity (Wildman–Crippen MR) is 163 cm³/mol. The van der Waals surface area contributed by atoms with Gasteiger partial charge in [-0.3, -0.25) is 9.59 Å². The molecule has 0 fully saturated rings. The number of carbonyl (C=O) groups is 2. The van der Waals surface area contributed by atoms with Gasteiger partial charge in [-0.2, -0.15) is 13.2 Å². The average molecular weight is 697 g/mol. The number of amides is 2. The first-order valence-corrected chi connectivity index (χ1v) is 14.6. The average Bonchev–Trinajstić information content (AvgIpc) is 3.48. The molecule has 3 N–H and O–H groups in total. The molecule has 0 saturated heterocycles. The van der Waals surface area contributed by atoms with Gasteiger partial charge in [-0.05, 0) is 47.7 Å². The number of nitrogens with two attached hydrogens (primary N) is 1. The van der Waals surface area contributed by atoms with Gasteiger partial charge in [0.1, 0.15) is 18.2 Å². The second-order valence-electron chi connectivity index (χ2n) is 11.1. The molecule has 2 unspecified atom stereocenters. The number of nitrogens with one attached hydrogen (secondary N) is 1. The van der Waals surface area contributed by atoms with E-state index in [0.29, 0.717) is 30.1 Å². The maximum absolute atomic E-state index is 14.6. The molecule has 256 valence electrons. The topological polar surface area (TPSA) is 115 Å². The van der Waals surface area contributed by atoms with Crippen LogP contribution in [0.1, 0.15) is 34.8 Å². The minimum atomic E-state index is -4.72. The number of nitrogens with zero attached hydrogens (tertiary/aromatic N) is 4. The molecule has 4 aromatic rings. The van der Waals surface area contributed by atoms with Crippen molar-refractivity contribution in [3.05, 3.63) is 113 Å². The van der Waals surface area contributed by atoms with Gasteiger partial charge in [-0.15, -0.1) is 22.6 Å². The van der Waals surface area contributed by atoms with Crippen molar-refractivity contribution < 1.29 is 40.7 Å². The molecule has 1 aliphatic rings. The van der Waals surface area contributed by atoms with E-state index in [1.54, 1.807) is 24.3 Å². The van der Waals surface area contributed by atoms with Crippen molar-refractivity contribution in [2.24, 2.45) is 5.73 Å². The minimum absolute atomic E-state index is 0. The van der Waals surface area contributed by atoms with Gasteiger partial charge >= 0.3 is 6.18 Å². The molecule has 2 amide bonds. The monoisotopic (exact) mass is 696 g/mol. The number of benzene rings is 3.